The number of imide groups is 1. The second-order valence-corrected chi connectivity index (χ2v) is 21.1. The van der Waals surface area contributed by atoms with Gasteiger partial charge >= 0.3 is 0 Å². The number of fused-ring (bicyclic) bond motifs is 1. The molecule has 11 heteroatoms. The van der Waals surface area contributed by atoms with Gasteiger partial charge in [-0.1, -0.05) is 43.8 Å². The summed E-state index contributed by atoms with van der Waals surface area (Å²) in [6.07, 6.45) is 21.8. The number of nitrogens with one attached hydrogen (secondary N) is 1. The van der Waals surface area contributed by atoms with Gasteiger partial charge in [0.2, 0.25) is 17.7 Å². The van der Waals surface area contributed by atoms with Crippen molar-refractivity contribution in [2.24, 2.45) is 29.6 Å². The van der Waals surface area contributed by atoms with Crippen LogP contribution < -0.4 is 5.32 Å². The third-order valence-electron chi connectivity index (χ3n) is 15.5. The van der Waals surface area contributed by atoms with Crippen LogP contribution in [-0.2, 0) is 24.2 Å². The fraction of sp³-hybridized carbons (Fsp3) is 0.886. The lowest BCUT2D eigenvalue weighted by molar-refractivity contribution is -0.144. The molecule has 0 aromatic rings. The first-order valence-corrected chi connectivity index (χ1v) is 24.6. The molecule has 55 heavy (non-hydrogen) atoms. The number of amides is 3. The Morgan fingerprint density at radius 2 is 1.45 bits per heavy atom. The Morgan fingerprint density at radius 3 is 2.13 bits per heavy atom. The second-order valence-electron chi connectivity index (χ2n) is 18.7. The van der Waals surface area contributed by atoms with Crippen molar-refractivity contribution in [1.29, 1.82) is 0 Å². The van der Waals surface area contributed by atoms with Crippen LogP contribution in [0.4, 0.5) is 0 Å². The molecule has 7 aliphatic rings. The summed E-state index contributed by atoms with van der Waals surface area (Å²) in [4.78, 5) is 44.3. The van der Waals surface area contributed by atoms with Gasteiger partial charge in [-0.2, -0.15) is 0 Å². The van der Waals surface area contributed by atoms with E-state index in [2.05, 4.69) is 22.0 Å². The van der Waals surface area contributed by atoms with Crippen molar-refractivity contribution in [3.05, 3.63) is 11.1 Å². The van der Waals surface area contributed by atoms with Gasteiger partial charge in [0, 0.05) is 51.1 Å². The molecule has 0 aromatic heterocycles. The number of carbonyl (C=O) groups is 3. The summed E-state index contributed by atoms with van der Waals surface area (Å²) < 4.78 is 27.2. The van der Waals surface area contributed by atoms with E-state index in [4.69, 9.17) is 0 Å². The molecule has 2 N–H and O–H groups in total. The quantitative estimate of drug-likeness (QED) is 0.132. The van der Waals surface area contributed by atoms with Crippen molar-refractivity contribution < 1.29 is 27.9 Å². The molecule has 4 saturated carbocycles. The SMILES string of the molecule is CC/C(=C(\C1CCC(O)CC1)C1CCC(S(=O)(=O)CCCCCN2CCN(C3CCC4C(=O)N(C5CCC(=O)NC5=O)CC4C3)CC2)CC1)C1CCCCC1. The van der Waals surface area contributed by atoms with Gasteiger partial charge in [0.1, 0.15) is 6.04 Å². The maximum absolute atomic E-state index is 13.6. The van der Waals surface area contributed by atoms with Crippen molar-refractivity contribution in [3.8, 4) is 0 Å². The topological polar surface area (TPSA) is 127 Å². The molecule has 3 heterocycles. The molecule has 4 unspecified atom stereocenters. The Kier molecular flexibility index (Phi) is 14.2. The average Bonchev–Trinajstić information content (AvgIpc) is 3.52. The molecule has 7 fully saturated rings. The third kappa shape index (κ3) is 9.90. The molecule has 0 aromatic carbocycles. The number of aliphatic hydroxyl groups is 1. The molecule has 4 atom stereocenters. The van der Waals surface area contributed by atoms with Crippen LogP contribution in [0.5, 0.6) is 0 Å². The highest BCUT2D eigenvalue weighted by atomic mass is 32.2. The first-order valence-electron chi connectivity index (χ1n) is 22.8. The smallest absolute Gasteiger partial charge is 0.249 e. The standard InChI is InChI=1S/C44H72N4O6S/c1-2-38(31-9-5-3-6-10-31)42(32-11-16-36(49)17-12-32)33-13-18-37(19-14-33)55(53,54)28-8-4-7-23-46-24-26-47(27-25-46)35-15-20-39-34(29-35)30-48(44(39)52)40-21-22-41(50)45-43(40)51/h31-37,39-40,49H,2-30H2,1H3,(H,45,50,51)/b42-38-. The lowest BCUT2D eigenvalue weighted by Gasteiger charge is -2.42. The van der Waals surface area contributed by atoms with E-state index in [1.54, 1.807) is 16.0 Å². The summed E-state index contributed by atoms with van der Waals surface area (Å²) in [5.74, 6) is 2.01. The van der Waals surface area contributed by atoms with E-state index in [0.717, 1.165) is 135 Å². The number of sulfone groups is 1. The highest BCUT2D eigenvalue weighted by Gasteiger charge is 2.49. The second kappa shape index (κ2) is 18.8. The van der Waals surface area contributed by atoms with Gasteiger partial charge in [-0.25, -0.2) is 8.42 Å². The average molecular weight is 785 g/mol. The van der Waals surface area contributed by atoms with Crippen molar-refractivity contribution in [2.45, 2.75) is 172 Å². The molecule has 0 radical (unpaired) electrons. The van der Waals surface area contributed by atoms with E-state index in [1.807, 2.05) is 0 Å². The zero-order valence-electron chi connectivity index (χ0n) is 33.9. The molecule has 3 amide bonds. The van der Waals surface area contributed by atoms with Crippen molar-refractivity contribution in [2.75, 3.05) is 45.0 Å². The van der Waals surface area contributed by atoms with Crippen molar-refractivity contribution in [1.82, 2.24) is 20.0 Å². The molecule has 3 aliphatic heterocycles. The number of hydrogen-bond acceptors (Lipinski definition) is 8. The molecule has 0 spiro atoms. The van der Waals surface area contributed by atoms with Crippen LogP contribution in [0.15, 0.2) is 11.1 Å². The van der Waals surface area contributed by atoms with Crippen LogP contribution in [0.3, 0.4) is 0 Å². The number of unbranched alkanes of at least 4 members (excludes halogenated alkanes) is 2. The molecule has 10 nitrogen and oxygen atoms in total. The lowest BCUT2D eigenvalue weighted by atomic mass is 9.68. The van der Waals surface area contributed by atoms with Crippen molar-refractivity contribution in [3.63, 3.8) is 0 Å². The minimum atomic E-state index is -3.09. The first kappa shape index (κ1) is 41.3. The Morgan fingerprint density at radius 1 is 0.764 bits per heavy atom. The van der Waals surface area contributed by atoms with E-state index in [-0.39, 0.29) is 40.9 Å². The van der Waals surface area contributed by atoms with Gasteiger partial charge in [0.25, 0.3) is 0 Å². The Bertz CT molecular complexity index is 1470. The monoisotopic (exact) mass is 785 g/mol. The minimum absolute atomic E-state index is 0.0135. The van der Waals surface area contributed by atoms with Crippen LogP contribution >= 0.6 is 0 Å². The molecule has 7 rings (SSSR count). The lowest BCUT2D eigenvalue weighted by Crippen LogP contribution is -2.53. The number of carbonyl (C=O) groups excluding carboxylic acids is 3. The zero-order valence-corrected chi connectivity index (χ0v) is 34.8. The fourth-order valence-electron chi connectivity index (χ4n) is 12.4. The Balaban J connectivity index is 0.809. The number of nitrogens with zero attached hydrogens (tertiary/aromatic N) is 3. The van der Waals surface area contributed by atoms with Gasteiger partial charge in [-0.05, 0) is 139 Å². The first-order chi connectivity index (χ1) is 26.6. The molecular weight excluding hydrogens is 713 g/mol. The normalized spacial score (nSPS) is 35.4. The van der Waals surface area contributed by atoms with E-state index in [1.165, 1.54) is 32.1 Å². The highest BCUT2D eigenvalue weighted by molar-refractivity contribution is 7.92. The number of rotatable bonds is 13. The predicted octanol–water partition coefficient (Wildman–Crippen LogP) is 6.02. The summed E-state index contributed by atoms with van der Waals surface area (Å²) in [7, 11) is -3.09. The zero-order chi connectivity index (χ0) is 38.5. The minimum Gasteiger partial charge on any atom is -0.393 e. The number of allylic oxidation sites excluding steroid dienone is 2. The van der Waals surface area contributed by atoms with Crippen LogP contribution in [0.25, 0.3) is 0 Å². The van der Waals surface area contributed by atoms with Gasteiger partial charge in [-0.15, -0.1) is 0 Å². The molecule has 310 valence electrons. The van der Waals surface area contributed by atoms with Crippen LogP contribution in [0.2, 0.25) is 0 Å². The molecule has 4 aliphatic carbocycles. The highest BCUT2D eigenvalue weighted by Crippen LogP contribution is 2.46. The third-order valence-corrected chi connectivity index (χ3v) is 17.9. The van der Waals surface area contributed by atoms with E-state index < -0.39 is 15.9 Å². The van der Waals surface area contributed by atoms with E-state index in [0.29, 0.717) is 43.0 Å². The number of hydrogen-bond donors (Lipinski definition) is 2. The van der Waals surface area contributed by atoms with Crippen LogP contribution in [0.1, 0.15) is 148 Å². The van der Waals surface area contributed by atoms with Gasteiger partial charge < -0.3 is 14.9 Å². The summed E-state index contributed by atoms with van der Waals surface area (Å²) in [6, 6.07) is -0.0186. The predicted molar refractivity (Wildman–Crippen MR) is 216 cm³/mol. The number of aliphatic hydroxyl groups excluding tert-OH is 1. The van der Waals surface area contributed by atoms with Crippen LogP contribution in [0, 0.1) is 29.6 Å². The van der Waals surface area contributed by atoms with E-state index >= 15 is 0 Å². The maximum atomic E-state index is 13.6. The van der Waals surface area contributed by atoms with Gasteiger partial charge in [0.15, 0.2) is 9.84 Å². The van der Waals surface area contributed by atoms with Gasteiger partial charge in [0.05, 0.1) is 17.1 Å². The summed E-state index contributed by atoms with van der Waals surface area (Å²) in [5, 5.41) is 12.5. The molecule has 0 bridgehead atoms. The number of likely N-dealkylation sites (tertiary alicyclic amines) is 1. The fourth-order valence-corrected chi connectivity index (χ4v) is 14.3. The number of piperidine rings is 1. The van der Waals surface area contributed by atoms with E-state index in [9.17, 15) is 27.9 Å². The summed E-state index contributed by atoms with van der Waals surface area (Å²) >= 11 is 0. The molecular formula is C44H72N4O6S. The Labute approximate surface area is 331 Å². The Hall–Kier alpha value is -1.82. The molecule has 3 saturated heterocycles. The van der Waals surface area contributed by atoms with Gasteiger partial charge in [-0.3, -0.25) is 24.6 Å². The summed E-state index contributed by atoms with van der Waals surface area (Å²) in [5.41, 5.74) is 3.44. The number of piperazine rings is 1. The van der Waals surface area contributed by atoms with Crippen molar-refractivity contribution >= 4 is 27.6 Å². The maximum Gasteiger partial charge on any atom is 0.249 e. The summed E-state index contributed by atoms with van der Waals surface area (Å²) in [6.45, 7) is 8.14. The largest absolute Gasteiger partial charge is 0.393 e. The van der Waals surface area contributed by atoms with Crippen LogP contribution in [-0.4, -0.2) is 114 Å².